The molecule has 0 atom stereocenters. The van der Waals surface area contributed by atoms with Crippen molar-refractivity contribution in [1.82, 2.24) is 20.2 Å². The molecule has 1 fully saturated rings. The van der Waals surface area contributed by atoms with Crippen molar-refractivity contribution in [3.8, 4) is 5.75 Å². The van der Waals surface area contributed by atoms with Crippen molar-refractivity contribution in [2.45, 2.75) is 37.5 Å². The van der Waals surface area contributed by atoms with Gasteiger partial charge in [0.25, 0.3) is 11.8 Å². The molecule has 18 heteroatoms. The van der Waals surface area contributed by atoms with Crippen LogP contribution in [0.3, 0.4) is 0 Å². The second kappa shape index (κ2) is 12.3. The maximum Gasteiger partial charge on any atom is 0.310 e. The van der Waals surface area contributed by atoms with Crippen LogP contribution in [0.15, 0.2) is 62.8 Å². The number of aromatic hydroxyl groups is 1. The minimum absolute atomic E-state index is 0.0865. The maximum atomic E-state index is 14.0. The molecule has 0 unspecified atom stereocenters. The minimum atomic E-state index is -9.92. The number of aryl methyl sites for hydroxylation is 1. The van der Waals surface area contributed by atoms with Gasteiger partial charge in [-0.15, -0.1) is 0 Å². The molecule has 11 nitrogen and oxygen atoms in total. The molecular formula is C28H31BrF5N7O4S. The molecule has 1 aromatic carbocycles. The number of amides is 3. The molecule has 2 heterocycles. The Morgan fingerprint density at radius 3 is 2.46 bits per heavy atom. The first-order valence-corrected chi connectivity index (χ1v) is 16.9. The number of nitrogens with one attached hydrogen (secondary N) is 2. The van der Waals surface area contributed by atoms with E-state index in [2.05, 4.69) is 48.4 Å². The molecule has 3 amide bonds. The van der Waals surface area contributed by atoms with E-state index in [1.165, 1.54) is 29.6 Å². The summed E-state index contributed by atoms with van der Waals surface area (Å²) < 4.78 is 66.0. The van der Waals surface area contributed by atoms with Crippen LogP contribution in [0.1, 0.15) is 41.7 Å². The summed E-state index contributed by atoms with van der Waals surface area (Å²) in [6.07, 6.45) is 4.51. The van der Waals surface area contributed by atoms with Crippen LogP contribution in [-0.2, 0) is 9.59 Å². The van der Waals surface area contributed by atoms with Gasteiger partial charge in [0.2, 0.25) is 5.91 Å². The highest BCUT2D eigenvalue weighted by Gasteiger charge is 2.65. The SMILES string of the molecule is C=NN(CC(=O)Nc1ccc(S(F)(F)(F)(F)F)cc1C)C(=O)C1=C(N/C=N/CBr)CCC12CCN(C(=O)c1ncccc1O)CC2. The van der Waals surface area contributed by atoms with Crippen molar-refractivity contribution < 1.29 is 38.9 Å². The fraction of sp³-hybridized carbons (Fsp3) is 0.357. The number of pyridine rings is 1. The number of carbonyl (C=O) groups excluding carboxylic acids is 3. The normalized spacial score (nSPS) is 17.8. The van der Waals surface area contributed by atoms with Crippen molar-refractivity contribution in [3.63, 3.8) is 0 Å². The molecule has 0 radical (unpaired) electrons. The Morgan fingerprint density at radius 1 is 1.17 bits per heavy atom. The second-order valence-corrected chi connectivity index (χ2v) is 13.8. The van der Waals surface area contributed by atoms with Gasteiger partial charge >= 0.3 is 10.2 Å². The summed E-state index contributed by atoms with van der Waals surface area (Å²) in [7, 11) is -9.92. The van der Waals surface area contributed by atoms with E-state index in [9.17, 15) is 38.9 Å². The highest BCUT2D eigenvalue weighted by atomic mass is 79.9. The van der Waals surface area contributed by atoms with Crippen LogP contribution < -0.4 is 10.6 Å². The van der Waals surface area contributed by atoms with E-state index in [-0.39, 0.29) is 47.9 Å². The van der Waals surface area contributed by atoms with Crippen LogP contribution in [0, 0.1) is 12.3 Å². The summed E-state index contributed by atoms with van der Waals surface area (Å²) in [5.74, 6) is -2.23. The van der Waals surface area contributed by atoms with Gasteiger partial charge in [-0.05, 0) is 68.5 Å². The Kier molecular flexibility index (Phi) is 9.29. The number of carbonyl (C=O) groups is 3. The van der Waals surface area contributed by atoms with E-state index in [1.807, 2.05) is 0 Å². The number of nitrogens with zero attached hydrogens (tertiary/aromatic N) is 5. The van der Waals surface area contributed by atoms with Crippen LogP contribution in [0.25, 0.3) is 0 Å². The van der Waals surface area contributed by atoms with Gasteiger partial charge in [0, 0.05) is 48.4 Å². The predicted octanol–water partition coefficient (Wildman–Crippen LogP) is 6.08. The Hall–Kier alpha value is -4.06. The highest BCUT2D eigenvalue weighted by molar-refractivity contribution is 9.09. The van der Waals surface area contributed by atoms with Crippen LogP contribution in [0.2, 0.25) is 0 Å². The number of benzene rings is 1. The third kappa shape index (κ3) is 7.66. The lowest BCUT2D eigenvalue weighted by Gasteiger charge is -2.41. The molecular weight excluding hydrogens is 705 g/mol. The van der Waals surface area contributed by atoms with Gasteiger partial charge in [-0.1, -0.05) is 35.4 Å². The largest absolute Gasteiger partial charge is 0.505 e. The second-order valence-electron chi connectivity index (χ2n) is 10.9. The van der Waals surface area contributed by atoms with E-state index >= 15 is 0 Å². The Morgan fingerprint density at radius 2 is 1.87 bits per heavy atom. The van der Waals surface area contributed by atoms with E-state index in [4.69, 9.17) is 0 Å². The van der Waals surface area contributed by atoms with Gasteiger partial charge in [0.1, 0.15) is 17.2 Å². The Bertz CT molecular complexity index is 1630. The van der Waals surface area contributed by atoms with Gasteiger partial charge < -0.3 is 20.6 Å². The molecule has 2 aliphatic rings. The number of hydrogen-bond acceptors (Lipinski definition) is 7. The fourth-order valence-corrected chi connectivity index (χ4v) is 6.47. The van der Waals surface area contributed by atoms with Crippen molar-refractivity contribution in [2.75, 3.05) is 30.4 Å². The molecule has 1 aliphatic carbocycles. The van der Waals surface area contributed by atoms with E-state index in [1.54, 1.807) is 0 Å². The quantitative estimate of drug-likeness (QED) is 0.0676. The zero-order valence-corrected chi connectivity index (χ0v) is 26.9. The van der Waals surface area contributed by atoms with E-state index in [0.717, 1.165) is 11.9 Å². The van der Waals surface area contributed by atoms with Crippen LogP contribution >= 0.6 is 26.2 Å². The topological polar surface area (TPSA) is 140 Å². The third-order valence-corrected chi connectivity index (χ3v) is 9.35. The smallest absolute Gasteiger partial charge is 0.310 e. The molecule has 250 valence electrons. The summed E-state index contributed by atoms with van der Waals surface area (Å²) in [6.45, 7) is 4.33. The standard InChI is InChI=1S/C28H31BrF5N7O4S/c1-18-14-19(46(30,31,32,33)34)5-6-20(18)39-23(43)15-41(35-2)26(44)24-21(38-17-36-16-29)7-8-28(24)9-12-40(13-10-28)27(45)25-22(42)4-3-11-37-25/h3-6,11,14,17,42H,2,7-10,12-13,15-16H2,1H3,(H,36,38)(H,39,43). The molecule has 3 N–H and O–H groups in total. The number of aromatic nitrogens is 1. The Balaban J connectivity index is 1.54. The number of piperidine rings is 1. The first-order chi connectivity index (χ1) is 21.4. The zero-order valence-electron chi connectivity index (χ0n) is 24.5. The summed E-state index contributed by atoms with van der Waals surface area (Å²) in [6, 6.07) is 4.01. The van der Waals surface area contributed by atoms with Gasteiger partial charge in [-0.2, -0.15) is 5.10 Å². The third-order valence-electron chi connectivity index (χ3n) is 7.91. The molecule has 1 aliphatic heterocycles. The summed E-state index contributed by atoms with van der Waals surface area (Å²) in [5, 5.41) is 20.0. The van der Waals surface area contributed by atoms with Gasteiger partial charge in [0.15, 0.2) is 5.69 Å². The number of allylic oxidation sites excluding steroid dienone is 1. The lowest BCUT2D eigenvalue weighted by atomic mass is 9.72. The van der Waals surface area contributed by atoms with Crippen LogP contribution in [0.4, 0.5) is 25.1 Å². The van der Waals surface area contributed by atoms with Crippen molar-refractivity contribution in [3.05, 3.63) is 59.1 Å². The van der Waals surface area contributed by atoms with Gasteiger partial charge in [0.05, 0.1) is 11.8 Å². The Labute approximate surface area is 269 Å². The van der Waals surface area contributed by atoms with Crippen LogP contribution in [0.5, 0.6) is 5.75 Å². The molecule has 2 aromatic rings. The monoisotopic (exact) mass is 735 g/mol. The molecule has 1 aromatic heterocycles. The van der Waals surface area contributed by atoms with Crippen molar-refractivity contribution in [2.24, 2.45) is 15.5 Å². The lowest BCUT2D eigenvalue weighted by Crippen LogP contribution is -2.46. The first kappa shape index (κ1) is 34.8. The number of anilines is 1. The number of likely N-dealkylation sites (tertiary alicyclic amines) is 1. The molecule has 4 rings (SSSR count). The number of hydrogen-bond donors (Lipinski definition) is 3. The minimum Gasteiger partial charge on any atom is -0.505 e. The number of hydrazone groups is 1. The summed E-state index contributed by atoms with van der Waals surface area (Å²) in [4.78, 5) is 47.4. The predicted molar refractivity (Wildman–Crippen MR) is 168 cm³/mol. The van der Waals surface area contributed by atoms with Crippen molar-refractivity contribution >= 4 is 62.6 Å². The van der Waals surface area contributed by atoms with E-state index in [0.29, 0.717) is 48.5 Å². The number of rotatable bonds is 10. The van der Waals surface area contributed by atoms with Gasteiger partial charge in [-0.25, -0.2) is 9.99 Å². The number of aliphatic imine (C=N–C) groups is 1. The summed E-state index contributed by atoms with van der Waals surface area (Å²) in [5.41, 5.74) is -0.0842. The molecule has 46 heavy (non-hydrogen) atoms. The zero-order chi connectivity index (χ0) is 34.0. The lowest BCUT2D eigenvalue weighted by molar-refractivity contribution is -0.132. The van der Waals surface area contributed by atoms with Crippen LogP contribution in [-0.4, -0.2) is 75.9 Å². The summed E-state index contributed by atoms with van der Waals surface area (Å²) >= 11 is 3.18. The molecule has 0 bridgehead atoms. The van der Waals surface area contributed by atoms with E-state index < -0.39 is 44.8 Å². The van der Waals surface area contributed by atoms with Gasteiger partial charge in [-0.3, -0.25) is 19.4 Å². The fourth-order valence-electron chi connectivity index (χ4n) is 5.60. The highest BCUT2D eigenvalue weighted by Crippen LogP contribution is 3.02. The molecule has 1 saturated heterocycles. The molecule has 1 spiro atoms. The number of halogens is 6. The first-order valence-electron chi connectivity index (χ1n) is 13.8. The average Bonchev–Trinajstić information content (AvgIpc) is 3.32. The van der Waals surface area contributed by atoms with Crippen molar-refractivity contribution in [1.29, 1.82) is 0 Å². The number of alkyl halides is 1. The average molecular weight is 737 g/mol. The molecule has 0 saturated carbocycles. The maximum absolute atomic E-state index is 14.0.